The summed E-state index contributed by atoms with van der Waals surface area (Å²) in [6.45, 7) is 5.49. The van der Waals surface area contributed by atoms with Crippen LogP contribution < -0.4 is 10.1 Å². The molecule has 0 radical (unpaired) electrons. The average Bonchev–Trinajstić information content (AvgIpc) is 2.76. The second-order valence-corrected chi connectivity index (χ2v) is 9.15. The number of hydrogen-bond acceptors (Lipinski definition) is 4. The van der Waals surface area contributed by atoms with E-state index in [2.05, 4.69) is 5.32 Å². The van der Waals surface area contributed by atoms with E-state index < -0.39 is 5.41 Å². The second kappa shape index (κ2) is 10.2. The Bertz CT molecular complexity index is 910. The Morgan fingerprint density at radius 1 is 1.13 bits per heavy atom. The molecule has 0 saturated carbocycles. The largest absolute Gasteiger partial charge is 0.492 e. The van der Waals surface area contributed by atoms with Gasteiger partial charge in [-0.1, -0.05) is 41.4 Å². The Morgan fingerprint density at radius 2 is 1.84 bits per heavy atom. The highest BCUT2D eigenvalue weighted by Gasteiger charge is 2.43. The number of carbonyl (C=O) groups excluding carboxylic acids is 1. The van der Waals surface area contributed by atoms with Crippen LogP contribution in [0.1, 0.15) is 38.7 Å². The van der Waals surface area contributed by atoms with Crippen molar-refractivity contribution in [3.05, 3.63) is 58.1 Å². The van der Waals surface area contributed by atoms with Gasteiger partial charge in [-0.3, -0.25) is 4.79 Å². The van der Waals surface area contributed by atoms with Crippen LogP contribution >= 0.6 is 23.2 Å². The maximum Gasteiger partial charge on any atom is 0.235 e. The molecular weight excluding hydrogens is 437 g/mol. The van der Waals surface area contributed by atoms with Gasteiger partial charge in [0.25, 0.3) is 0 Å². The van der Waals surface area contributed by atoms with E-state index in [1.807, 2.05) is 38.1 Å². The van der Waals surface area contributed by atoms with Gasteiger partial charge in [0.05, 0.1) is 22.6 Å². The van der Waals surface area contributed by atoms with Gasteiger partial charge in [0.15, 0.2) is 0 Å². The van der Waals surface area contributed by atoms with E-state index in [1.165, 1.54) is 0 Å². The number of anilines is 1. The predicted molar refractivity (Wildman–Crippen MR) is 124 cm³/mol. The van der Waals surface area contributed by atoms with Crippen molar-refractivity contribution in [3.63, 3.8) is 0 Å². The maximum absolute atomic E-state index is 13.4. The first-order valence-electron chi connectivity index (χ1n) is 10.4. The Kier molecular flexibility index (Phi) is 7.87. The molecule has 1 saturated heterocycles. The zero-order valence-corrected chi connectivity index (χ0v) is 19.7. The maximum atomic E-state index is 13.4. The Labute approximate surface area is 194 Å². The van der Waals surface area contributed by atoms with Crippen LogP contribution in [0.4, 0.5) is 5.69 Å². The van der Waals surface area contributed by atoms with E-state index in [0.29, 0.717) is 54.1 Å². The van der Waals surface area contributed by atoms with Crippen LogP contribution in [0.15, 0.2) is 42.5 Å². The zero-order valence-electron chi connectivity index (χ0n) is 18.2. The minimum atomic E-state index is -0.746. The number of ether oxygens (including phenoxy) is 3. The molecule has 7 heteroatoms. The average molecular weight is 466 g/mol. The lowest BCUT2D eigenvalue weighted by Gasteiger charge is -2.36. The molecule has 3 rings (SSSR count). The Balaban J connectivity index is 1.74. The van der Waals surface area contributed by atoms with Crippen molar-refractivity contribution < 1.29 is 19.0 Å². The molecule has 1 aliphatic rings. The van der Waals surface area contributed by atoms with E-state index >= 15 is 0 Å². The normalized spacial score (nSPS) is 16.0. The van der Waals surface area contributed by atoms with E-state index in [9.17, 15) is 4.79 Å². The molecule has 1 amide bonds. The van der Waals surface area contributed by atoms with Gasteiger partial charge in [-0.25, -0.2) is 0 Å². The van der Waals surface area contributed by atoms with Crippen LogP contribution in [0.25, 0.3) is 0 Å². The van der Waals surface area contributed by atoms with Crippen molar-refractivity contribution in [3.8, 4) is 5.75 Å². The molecule has 1 fully saturated rings. The van der Waals surface area contributed by atoms with Crippen molar-refractivity contribution >= 4 is 34.8 Å². The molecule has 2 aromatic rings. The van der Waals surface area contributed by atoms with Crippen LogP contribution in [0.3, 0.4) is 0 Å². The van der Waals surface area contributed by atoms with Crippen molar-refractivity contribution in [2.45, 2.75) is 44.1 Å². The fourth-order valence-electron chi connectivity index (χ4n) is 3.64. The quantitative estimate of drug-likeness (QED) is 0.529. The molecular formula is C24H29Cl2NO4. The second-order valence-electron chi connectivity index (χ2n) is 8.34. The third kappa shape index (κ3) is 5.72. The lowest BCUT2D eigenvalue weighted by atomic mass is 9.73. The molecule has 168 valence electrons. The highest BCUT2D eigenvalue weighted by atomic mass is 35.5. The van der Waals surface area contributed by atoms with Crippen molar-refractivity contribution in [1.29, 1.82) is 0 Å². The number of carbonyl (C=O) groups is 1. The molecule has 0 aliphatic carbocycles. The number of nitrogens with one attached hydrogen (secondary N) is 1. The van der Waals surface area contributed by atoms with E-state index in [4.69, 9.17) is 37.4 Å². The summed E-state index contributed by atoms with van der Waals surface area (Å²) in [6.07, 6.45) is 1.85. The number of methoxy groups -OCH3 is 1. The first kappa shape index (κ1) is 23.9. The third-order valence-electron chi connectivity index (χ3n) is 5.87. The van der Waals surface area contributed by atoms with Crippen LogP contribution in [0.2, 0.25) is 10.0 Å². The summed E-state index contributed by atoms with van der Waals surface area (Å²) < 4.78 is 16.7. The summed E-state index contributed by atoms with van der Waals surface area (Å²) in [5, 5.41) is 4.04. The van der Waals surface area contributed by atoms with Crippen LogP contribution in [0, 0.1) is 0 Å². The monoisotopic (exact) mass is 465 g/mol. The van der Waals surface area contributed by atoms with Crippen molar-refractivity contribution in [2.75, 3.05) is 32.2 Å². The number of rotatable bonds is 8. The molecule has 0 atom stereocenters. The summed E-state index contributed by atoms with van der Waals surface area (Å²) >= 11 is 12.9. The fraction of sp³-hybridized carbons (Fsp3) is 0.458. The summed E-state index contributed by atoms with van der Waals surface area (Å²) in [7, 11) is 1.68. The minimum absolute atomic E-state index is 0.115. The minimum Gasteiger partial charge on any atom is -0.492 e. The summed E-state index contributed by atoms with van der Waals surface area (Å²) in [6, 6.07) is 12.8. The first-order chi connectivity index (χ1) is 14.8. The number of benzene rings is 2. The van der Waals surface area contributed by atoms with Crippen LogP contribution in [-0.4, -0.2) is 38.4 Å². The van der Waals surface area contributed by atoms with Crippen LogP contribution in [0.5, 0.6) is 5.75 Å². The van der Waals surface area contributed by atoms with Gasteiger partial charge >= 0.3 is 0 Å². The molecule has 0 aromatic heterocycles. The van der Waals surface area contributed by atoms with Crippen molar-refractivity contribution in [2.24, 2.45) is 0 Å². The SMILES string of the molecule is COC(C)(C)CCOc1ccc(NC(=O)C2(c3ccccc3Cl)CCOCC2)cc1Cl. The molecule has 0 unspecified atom stereocenters. The lowest BCUT2D eigenvalue weighted by molar-refractivity contribution is -0.125. The smallest absolute Gasteiger partial charge is 0.235 e. The molecule has 2 aromatic carbocycles. The fourth-order valence-corrected chi connectivity index (χ4v) is 4.19. The number of amides is 1. The highest BCUT2D eigenvalue weighted by Crippen LogP contribution is 2.40. The molecule has 1 heterocycles. The Morgan fingerprint density at radius 3 is 2.48 bits per heavy atom. The molecule has 0 bridgehead atoms. The molecule has 5 nitrogen and oxygen atoms in total. The van der Waals surface area contributed by atoms with Gasteiger partial charge in [-0.05, 0) is 56.5 Å². The van der Waals surface area contributed by atoms with E-state index in [-0.39, 0.29) is 11.5 Å². The highest BCUT2D eigenvalue weighted by molar-refractivity contribution is 6.32. The summed E-state index contributed by atoms with van der Waals surface area (Å²) in [4.78, 5) is 13.4. The van der Waals surface area contributed by atoms with Crippen molar-refractivity contribution in [1.82, 2.24) is 0 Å². The topological polar surface area (TPSA) is 56.8 Å². The molecule has 1 N–H and O–H groups in total. The standard InChI is InChI=1S/C24H29Cl2NO4/c1-23(2,29-3)10-15-31-21-9-8-17(16-20(21)26)27-22(28)24(11-13-30-14-12-24)18-6-4-5-7-19(18)25/h4-9,16H,10-15H2,1-3H3,(H,27,28). The number of halogens is 2. The predicted octanol–water partition coefficient (Wildman–Crippen LogP) is 5.87. The number of hydrogen-bond donors (Lipinski definition) is 1. The van der Waals surface area contributed by atoms with Gasteiger partial charge in [0.1, 0.15) is 5.75 Å². The van der Waals surface area contributed by atoms with E-state index in [1.54, 1.807) is 25.3 Å². The van der Waals surface area contributed by atoms with Gasteiger partial charge in [-0.15, -0.1) is 0 Å². The van der Waals surface area contributed by atoms with Gasteiger partial charge < -0.3 is 19.5 Å². The molecule has 0 spiro atoms. The van der Waals surface area contributed by atoms with Crippen LogP contribution in [-0.2, 0) is 19.7 Å². The zero-order chi connectivity index (χ0) is 22.5. The first-order valence-corrected chi connectivity index (χ1v) is 11.1. The summed E-state index contributed by atoms with van der Waals surface area (Å²) in [5.74, 6) is 0.453. The van der Waals surface area contributed by atoms with E-state index in [0.717, 1.165) is 12.0 Å². The molecule has 31 heavy (non-hydrogen) atoms. The van der Waals surface area contributed by atoms with Gasteiger partial charge in [0, 0.05) is 37.5 Å². The van der Waals surface area contributed by atoms with Gasteiger partial charge in [-0.2, -0.15) is 0 Å². The third-order valence-corrected chi connectivity index (χ3v) is 6.50. The summed E-state index contributed by atoms with van der Waals surface area (Å²) in [5.41, 5.74) is 0.419. The lowest BCUT2D eigenvalue weighted by Crippen LogP contribution is -2.45. The molecule has 1 aliphatic heterocycles. The Hall–Kier alpha value is -1.79. The van der Waals surface area contributed by atoms with Gasteiger partial charge in [0.2, 0.25) is 5.91 Å².